The van der Waals surface area contributed by atoms with Crippen molar-refractivity contribution >= 4 is 40.5 Å². The number of anilines is 1. The number of aromatic nitrogens is 2. The zero-order valence-electron chi connectivity index (χ0n) is 22.6. The second kappa shape index (κ2) is 9.62. The van der Waals surface area contributed by atoms with Crippen molar-refractivity contribution in [3.05, 3.63) is 72.6 Å². The van der Waals surface area contributed by atoms with Crippen LogP contribution in [0.1, 0.15) is 58.9 Å². The lowest BCUT2D eigenvalue weighted by Crippen LogP contribution is -2.41. The Balaban J connectivity index is 1.51. The Kier molecular flexibility index (Phi) is 6.63. The number of hydrogen-bond donors (Lipinski definition) is 1. The van der Waals surface area contributed by atoms with Crippen LogP contribution in [0, 0.1) is 0 Å². The summed E-state index contributed by atoms with van der Waals surface area (Å²) in [4.78, 5) is 18.1. The van der Waals surface area contributed by atoms with Gasteiger partial charge in [-0.3, -0.25) is 9.78 Å². The van der Waals surface area contributed by atoms with Crippen molar-refractivity contribution in [3.63, 3.8) is 0 Å². The third-order valence-electron chi connectivity index (χ3n) is 8.23. The molecule has 0 spiro atoms. The number of amides is 1. The van der Waals surface area contributed by atoms with Gasteiger partial charge in [-0.2, -0.15) is 0 Å². The van der Waals surface area contributed by atoms with Crippen LogP contribution in [-0.2, 0) is 21.2 Å². The maximum atomic E-state index is 13.6. The molecule has 0 radical (unpaired) electrons. The van der Waals surface area contributed by atoms with Crippen molar-refractivity contribution in [2.45, 2.75) is 70.4 Å². The van der Waals surface area contributed by atoms with Crippen LogP contribution in [0.15, 0.2) is 67.0 Å². The fourth-order valence-corrected chi connectivity index (χ4v) is 5.53. The molecular weight excluding hydrogens is 461 g/mol. The molecule has 7 heteroatoms. The van der Waals surface area contributed by atoms with Crippen LogP contribution < -0.4 is 5.32 Å². The van der Waals surface area contributed by atoms with Crippen molar-refractivity contribution in [3.8, 4) is 0 Å². The first kappa shape index (κ1) is 25.5. The Morgan fingerprint density at radius 3 is 2.46 bits per heavy atom. The summed E-state index contributed by atoms with van der Waals surface area (Å²) >= 11 is 0. The Bertz CT molecular complexity index is 1420. The minimum Gasteiger partial charge on any atom is -0.403 e. The zero-order valence-corrected chi connectivity index (χ0v) is 22.6. The Morgan fingerprint density at radius 1 is 1.03 bits per heavy atom. The first-order valence-electron chi connectivity index (χ1n) is 13.1. The van der Waals surface area contributed by atoms with Crippen LogP contribution in [0.4, 0.5) is 5.69 Å². The van der Waals surface area contributed by atoms with E-state index in [9.17, 15) is 4.79 Å². The molecule has 1 aliphatic heterocycles. The molecule has 2 aromatic carbocycles. The second-order valence-corrected chi connectivity index (χ2v) is 11.1. The molecule has 1 N–H and O–H groups in total. The zero-order chi connectivity index (χ0) is 26.4. The minimum absolute atomic E-state index is 0.0668. The van der Waals surface area contributed by atoms with E-state index >= 15 is 0 Å². The van der Waals surface area contributed by atoms with E-state index in [4.69, 9.17) is 9.31 Å². The van der Waals surface area contributed by atoms with Gasteiger partial charge in [-0.25, -0.2) is 0 Å². The predicted molar refractivity (Wildman–Crippen MR) is 151 cm³/mol. The lowest BCUT2D eigenvalue weighted by atomic mass is 9.60. The average molecular weight is 497 g/mol. The van der Waals surface area contributed by atoms with Crippen LogP contribution in [0.25, 0.3) is 21.8 Å². The standard InChI is InChI=1S/C30H36BN3O3/c1-7-21(23-19-34(6)26-16-9-8-14-22(23)26)24(31-36-29(2,3)30(4,5)37-31)18-27(35)33-25-15-10-12-20-13-11-17-32-28(20)25/h8-17,19,21,24H,7,18H2,1-6H3,(H,33,35)/t21-,24-/m1/s1. The van der Waals surface area contributed by atoms with Gasteiger partial charge in [0.15, 0.2) is 0 Å². The number of rotatable bonds is 7. The Hall–Kier alpha value is -3.16. The normalized spacial score (nSPS) is 18.3. The maximum absolute atomic E-state index is 13.6. The lowest BCUT2D eigenvalue weighted by molar-refractivity contribution is -0.116. The van der Waals surface area contributed by atoms with Crippen LogP contribution in [0.5, 0.6) is 0 Å². The van der Waals surface area contributed by atoms with Gasteiger partial charge in [0.05, 0.1) is 22.4 Å². The fraction of sp³-hybridized carbons (Fsp3) is 0.400. The van der Waals surface area contributed by atoms with Crippen LogP contribution in [0.2, 0.25) is 5.82 Å². The SMILES string of the molecule is CC[C@H](c1cn(C)c2ccccc12)[C@@H](CC(=O)Nc1cccc2cccnc12)B1OC(C)(C)C(C)(C)O1. The summed E-state index contributed by atoms with van der Waals surface area (Å²) < 4.78 is 15.3. The molecule has 3 heterocycles. The molecule has 0 saturated carbocycles. The highest BCUT2D eigenvalue weighted by atomic mass is 16.7. The predicted octanol–water partition coefficient (Wildman–Crippen LogP) is 6.71. The van der Waals surface area contributed by atoms with Gasteiger partial charge in [0, 0.05) is 48.0 Å². The number of nitrogens with one attached hydrogen (secondary N) is 1. The summed E-state index contributed by atoms with van der Waals surface area (Å²) in [5, 5.41) is 5.33. The molecule has 0 unspecified atom stereocenters. The third kappa shape index (κ3) is 4.67. The quantitative estimate of drug-likeness (QED) is 0.288. The smallest absolute Gasteiger partial charge is 0.403 e. The molecule has 4 aromatic rings. The molecule has 2 atom stereocenters. The summed E-state index contributed by atoms with van der Waals surface area (Å²) in [6.45, 7) is 10.4. The first-order valence-corrected chi connectivity index (χ1v) is 13.1. The number of fused-ring (bicyclic) bond motifs is 2. The highest BCUT2D eigenvalue weighted by molar-refractivity contribution is 6.48. The molecule has 1 aliphatic rings. The van der Waals surface area contributed by atoms with Gasteiger partial charge in [-0.05, 0) is 63.8 Å². The van der Waals surface area contributed by atoms with Crippen LogP contribution >= 0.6 is 0 Å². The molecular formula is C30H36BN3O3. The molecule has 1 saturated heterocycles. The summed E-state index contributed by atoms with van der Waals surface area (Å²) in [7, 11) is 1.56. The molecule has 5 rings (SSSR count). The molecule has 1 amide bonds. The van der Waals surface area contributed by atoms with Gasteiger partial charge in [0.25, 0.3) is 0 Å². The number of nitrogens with zero attached hydrogens (tertiary/aromatic N) is 2. The van der Waals surface area contributed by atoms with Crippen molar-refractivity contribution in [2.24, 2.45) is 7.05 Å². The number of para-hydroxylation sites is 2. The number of carbonyl (C=O) groups is 1. The van der Waals surface area contributed by atoms with E-state index in [1.807, 2.05) is 30.3 Å². The summed E-state index contributed by atoms with van der Waals surface area (Å²) in [5.74, 6) is -0.187. The molecule has 6 nitrogen and oxygen atoms in total. The summed E-state index contributed by atoms with van der Waals surface area (Å²) in [5.41, 5.74) is 2.93. The molecule has 192 valence electrons. The van der Waals surface area contributed by atoms with E-state index < -0.39 is 18.3 Å². The van der Waals surface area contributed by atoms with Gasteiger partial charge in [-0.15, -0.1) is 0 Å². The van der Waals surface area contributed by atoms with Crippen molar-refractivity contribution in [2.75, 3.05) is 5.32 Å². The summed E-state index contributed by atoms with van der Waals surface area (Å²) in [6, 6.07) is 18.2. The van der Waals surface area contributed by atoms with Crippen molar-refractivity contribution < 1.29 is 14.1 Å². The minimum atomic E-state index is -0.509. The van der Waals surface area contributed by atoms with Gasteiger partial charge in [-0.1, -0.05) is 43.3 Å². The largest absolute Gasteiger partial charge is 0.462 e. The van der Waals surface area contributed by atoms with Gasteiger partial charge >= 0.3 is 7.12 Å². The van der Waals surface area contributed by atoms with E-state index in [0.29, 0.717) is 5.69 Å². The highest BCUT2D eigenvalue weighted by Crippen LogP contribution is 2.48. The third-order valence-corrected chi connectivity index (χ3v) is 8.23. The molecule has 2 aromatic heterocycles. The maximum Gasteiger partial charge on any atom is 0.462 e. The highest BCUT2D eigenvalue weighted by Gasteiger charge is 2.55. The fourth-order valence-electron chi connectivity index (χ4n) is 5.53. The van der Waals surface area contributed by atoms with E-state index in [1.54, 1.807) is 6.20 Å². The van der Waals surface area contributed by atoms with Crippen molar-refractivity contribution in [1.82, 2.24) is 9.55 Å². The molecule has 37 heavy (non-hydrogen) atoms. The van der Waals surface area contributed by atoms with Crippen LogP contribution in [0.3, 0.4) is 0 Å². The van der Waals surface area contributed by atoms with Gasteiger partial charge in [0.2, 0.25) is 5.91 Å². The van der Waals surface area contributed by atoms with Gasteiger partial charge < -0.3 is 19.2 Å². The number of hydrogen-bond acceptors (Lipinski definition) is 4. The van der Waals surface area contributed by atoms with E-state index in [0.717, 1.165) is 17.3 Å². The van der Waals surface area contributed by atoms with Crippen molar-refractivity contribution in [1.29, 1.82) is 0 Å². The molecule has 0 aliphatic carbocycles. The summed E-state index contributed by atoms with van der Waals surface area (Å²) in [6.07, 6.45) is 5.07. The molecule has 1 fully saturated rings. The number of aryl methyl sites for hydroxylation is 1. The topological polar surface area (TPSA) is 65.4 Å². The number of benzene rings is 2. The molecule has 0 bridgehead atoms. The lowest BCUT2D eigenvalue weighted by Gasteiger charge is -2.32. The Morgan fingerprint density at radius 2 is 1.73 bits per heavy atom. The average Bonchev–Trinajstić information content (AvgIpc) is 3.30. The van der Waals surface area contributed by atoms with Crippen LogP contribution in [-0.4, -0.2) is 33.8 Å². The Labute approximate surface area is 219 Å². The van der Waals surface area contributed by atoms with E-state index in [1.165, 1.54) is 16.5 Å². The number of pyridine rings is 1. The van der Waals surface area contributed by atoms with E-state index in [2.05, 4.69) is 87.0 Å². The first-order chi connectivity index (χ1) is 17.6. The second-order valence-electron chi connectivity index (χ2n) is 11.1. The van der Waals surface area contributed by atoms with Gasteiger partial charge in [0.1, 0.15) is 0 Å². The monoisotopic (exact) mass is 497 g/mol. The van der Waals surface area contributed by atoms with E-state index in [-0.39, 0.29) is 24.1 Å². The number of carbonyl (C=O) groups excluding carboxylic acids is 1.